The number of carbonyl (C=O) groups excluding carboxylic acids is 1. The standard InChI is InChI=1S/C12H19NO4/c1-2-6-13(9-12(15)16)11(14)8-10-5-3-4-7-17-10/h2,10H,1,3-9H2,(H,15,16). The van der Waals surface area contributed by atoms with Gasteiger partial charge >= 0.3 is 5.97 Å². The summed E-state index contributed by atoms with van der Waals surface area (Å²) in [6.45, 7) is 4.19. The minimum atomic E-state index is -1.01. The highest BCUT2D eigenvalue weighted by molar-refractivity contribution is 5.81. The molecule has 1 atom stereocenters. The summed E-state index contributed by atoms with van der Waals surface area (Å²) in [6.07, 6.45) is 4.72. The van der Waals surface area contributed by atoms with Gasteiger partial charge in [0.05, 0.1) is 12.5 Å². The first-order valence-electron chi connectivity index (χ1n) is 5.85. The maximum atomic E-state index is 11.9. The second-order valence-corrected chi connectivity index (χ2v) is 4.15. The van der Waals surface area contributed by atoms with Gasteiger partial charge in [-0.25, -0.2) is 0 Å². The Labute approximate surface area is 101 Å². The number of amides is 1. The predicted octanol–water partition coefficient (Wildman–Crippen LogP) is 1.04. The number of carboxylic acids is 1. The summed E-state index contributed by atoms with van der Waals surface area (Å²) in [6, 6.07) is 0. The molecule has 0 bridgehead atoms. The van der Waals surface area contributed by atoms with E-state index in [4.69, 9.17) is 9.84 Å². The predicted molar refractivity (Wildman–Crippen MR) is 62.6 cm³/mol. The van der Waals surface area contributed by atoms with Gasteiger partial charge in [-0.3, -0.25) is 9.59 Å². The molecule has 0 aromatic carbocycles. The van der Waals surface area contributed by atoms with E-state index in [1.165, 1.54) is 11.0 Å². The molecule has 5 heteroatoms. The number of hydrogen-bond donors (Lipinski definition) is 1. The van der Waals surface area contributed by atoms with Gasteiger partial charge in [-0.15, -0.1) is 6.58 Å². The molecule has 0 aromatic rings. The molecule has 1 saturated heterocycles. The maximum absolute atomic E-state index is 11.9. The van der Waals surface area contributed by atoms with Gasteiger partial charge < -0.3 is 14.7 Å². The first-order valence-corrected chi connectivity index (χ1v) is 5.85. The van der Waals surface area contributed by atoms with Gasteiger partial charge in [0.2, 0.25) is 5.91 Å². The number of carboxylic acid groups (broad SMARTS) is 1. The summed E-state index contributed by atoms with van der Waals surface area (Å²) in [7, 11) is 0. The molecule has 0 aliphatic carbocycles. The van der Waals surface area contributed by atoms with Crippen LogP contribution in [0.3, 0.4) is 0 Å². The van der Waals surface area contributed by atoms with Gasteiger partial charge in [-0.05, 0) is 19.3 Å². The number of rotatable bonds is 6. The van der Waals surface area contributed by atoms with Crippen molar-refractivity contribution in [3.05, 3.63) is 12.7 Å². The highest BCUT2D eigenvalue weighted by Gasteiger charge is 2.22. The second kappa shape index (κ2) is 7.06. The van der Waals surface area contributed by atoms with Crippen LogP contribution in [0.1, 0.15) is 25.7 Å². The third-order valence-corrected chi connectivity index (χ3v) is 2.70. The van der Waals surface area contributed by atoms with Crippen LogP contribution in [0.4, 0.5) is 0 Å². The molecule has 1 amide bonds. The molecule has 1 heterocycles. The molecule has 5 nitrogen and oxygen atoms in total. The molecule has 0 radical (unpaired) electrons. The number of hydrogen-bond acceptors (Lipinski definition) is 3. The number of nitrogens with zero attached hydrogens (tertiary/aromatic N) is 1. The first-order chi connectivity index (χ1) is 8.13. The van der Waals surface area contributed by atoms with Gasteiger partial charge in [0, 0.05) is 13.2 Å². The Bertz CT molecular complexity index is 284. The van der Waals surface area contributed by atoms with Crippen molar-refractivity contribution in [3.8, 4) is 0 Å². The van der Waals surface area contributed by atoms with Crippen molar-refractivity contribution in [1.82, 2.24) is 4.90 Å². The Morgan fingerprint density at radius 3 is 2.76 bits per heavy atom. The van der Waals surface area contributed by atoms with Crippen LogP contribution in [0.2, 0.25) is 0 Å². The van der Waals surface area contributed by atoms with Crippen molar-refractivity contribution in [2.24, 2.45) is 0 Å². The van der Waals surface area contributed by atoms with Crippen molar-refractivity contribution in [2.45, 2.75) is 31.8 Å². The van der Waals surface area contributed by atoms with E-state index in [1.807, 2.05) is 0 Å². The normalized spacial score (nSPS) is 19.6. The zero-order chi connectivity index (χ0) is 12.7. The van der Waals surface area contributed by atoms with Crippen LogP contribution in [0.25, 0.3) is 0 Å². The minimum absolute atomic E-state index is 0.0580. The summed E-state index contributed by atoms with van der Waals surface area (Å²) in [5.41, 5.74) is 0. The molecular weight excluding hydrogens is 222 g/mol. The van der Waals surface area contributed by atoms with E-state index in [2.05, 4.69) is 6.58 Å². The van der Waals surface area contributed by atoms with Crippen LogP contribution in [0.15, 0.2) is 12.7 Å². The lowest BCUT2D eigenvalue weighted by atomic mass is 10.1. The Balaban J connectivity index is 2.45. The van der Waals surface area contributed by atoms with Gasteiger partial charge in [0.25, 0.3) is 0 Å². The molecule has 0 aromatic heterocycles. The van der Waals surface area contributed by atoms with Crippen molar-refractivity contribution >= 4 is 11.9 Å². The van der Waals surface area contributed by atoms with Crippen LogP contribution in [-0.4, -0.2) is 47.7 Å². The third-order valence-electron chi connectivity index (χ3n) is 2.70. The topological polar surface area (TPSA) is 66.8 Å². The molecule has 1 aliphatic heterocycles. The fourth-order valence-corrected chi connectivity index (χ4v) is 1.87. The highest BCUT2D eigenvalue weighted by atomic mass is 16.5. The van der Waals surface area contributed by atoms with Crippen LogP contribution in [-0.2, 0) is 14.3 Å². The maximum Gasteiger partial charge on any atom is 0.323 e. The van der Waals surface area contributed by atoms with Gasteiger partial charge in [-0.1, -0.05) is 6.08 Å². The fourth-order valence-electron chi connectivity index (χ4n) is 1.87. The summed E-state index contributed by atoms with van der Waals surface area (Å²) in [5.74, 6) is -1.19. The van der Waals surface area contributed by atoms with Crippen LogP contribution < -0.4 is 0 Å². The molecule has 1 unspecified atom stereocenters. The van der Waals surface area contributed by atoms with Gasteiger partial charge in [-0.2, -0.15) is 0 Å². The van der Waals surface area contributed by atoms with Crippen molar-refractivity contribution in [3.63, 3.8) is 0 Å². The number of aliphatic carboxylic acids is 1. The van der Waals surface area contributed by atoms with Gasteiger partial charge in [0.15, 0.2) is 0 Å². The van der Waals surface area contributed by atoms with Crippen molar-refractivity contribution < 1.29 is 19.4 Å². The Morgan fingerprint density at radius 2 is 2.24 bits per heavy atom. The van der Waals surface area contributed by atoms with Crippen molar-refractivity contribution in [1.29, 1.82) is 0 Å². The molecular formula is C12H19NO4. The number of carbonyl (C=O) groups is 2. The van der Waals surface area contributed by atoms with Gasteiger partial charge in [0.1, 0.15) is 6.54 Å². The minimum Gasteiger partial charge on any atom is -0.480 e. The highest BCUT2D eigenvalue weighted by Crippen LogP contribution is 2.16. The van der Waals surface area contributed by atoms with Crippen LogP contribution in [0.5, 0.6) is 0 Å². The van der Waals surface area contributed by atoms with Crippen LogP contribution in [0, 0.1) is 0 Å². The smallest absolute Gasteiger partial charge is 0.323 e. The lowest BCUT2D eigenvalue weighted by Gasteiger charge is -2.25. The van der Waals surface area contributed by atoms with E-state index in [0.29, 0.717) is 6.61 Å². The Kier molecular flexibility index (Phi) is 5.69. The SMILES string of the molecule is C=CCN(CC(=O)O)C(=O)CC1CCCCO1. The second-order valence-electron chi connectivity index (χ2n) is 4.15. The summed E-state index contributed by atoms with van der Waals surface area (Å²) in [4.78, 5) is 23.8. The fraction of sp³-hybridized carbons (Fsp3) is 0.667. The summed E-state index contributed by atoms with van der Waals surface area (Å²) < 4.78 is 5.46. The zero-order valence-electron chi connectivity index (χ0n) is 9.93. The molecule has 0 saturated carbocycles. The van der Waals surface area contributed by atoms with E-state index >= 15 is 0 Å². The van der Waals surface area contributed by atoms with Crippen LogP contribution >= 0.6 is 0 Å². The third kappa shape index (κ3) is 4.99. The monoisotopic (exact) mass is 241 g/mol. The molecule has 0 spiro atoms. The van der Waals surface area contributed by atoms with E-state index in [9.17, 15) is 9.59 Å². The first kappa shape index (κ1) is 13.7. The zero-order valence-corrected chi connectivity index (χ0v) is 9.93. The quantitative estimate of drug-likeness (QED) is 0.706. The molecule has 1 N–H and O–H groups in total. The number of ether oxygens (including phenoxy) is 1. The molecule has 96 valence electrons. The molecule has 17 heavy (non-hydrogen) atoms. The molecule has 1 fully saturated rings. The van der Waals surface area contributed by atoms with E-state index in [1.54, 1.807) is 0 Å². The average Bonchev–Trinajstić information content (AvgIpc) is 2.29. The molecule has 1 rings (SSSR count). The Hall–Kier alpha value is -1.36. The summed E-state index contributed by atoms with van der Waals surface area (Å²) >= 11 is 0. The summed E-state index contributed by atoms with van der Waals surface area (Å²) in [5, 5.41) is 8.71. The molecule has 1 aliphatic rings. The van der Waals surface area contributed by atoms with E-state index in [-0.39, 0.29) is 31.5 Å². The largest absolute Gasteiger partial charge is 0.480 e. The average molecular weight is 241 g/mol. The van der Waals surface area contributed by atoms with Crippen molar-refractivity contribution in [2.75, 3.05) is 19.7 Å². The lowest BCUT2D eigenvalue weighted by molar-refractivity contribution is -0.145. The Morgan fingerprint density at radius 1 is 1.47 bits per heavy atom. The van der Waals surface area contributed by atoms with E-state index in [0.717, 1.165) is 19.3 Å². The lowest BCUT2D eigenvalue weighted by Crippen LogP contribution is -2.38. The van der Waals surface area contributed by atoms with E-state index < -0.39 is 5.97 Å².